The van der Waals surface area contributed by atoms with Gasteiger partial charge in [0.1, 0.15) is 0 Å². The molecule has 4 heteroatoms. The van der Waals surface area contributed by atoms with Crippen molar-refractivity contribution in [1.82, 2.24) is 10.2 Å². The predicted molar refractivity (Wildman–Crippen MR) is 72.7 cm³/mol. The van der Waals surface area contributed by atoms with Crippen molar-refractivity contribution in [3.8, 4) is 0 Å². The van der Waals surface area contributed by atoms with Crippen LogP contribution in [-0.4, -0.2) is 61.0 Å². The molecule has 2 N–H and O–H groups in total. The first kappa shape index (κ1) is 14.3. The van der Waals surface area contributed by atoms with E-state index >= 15 is 0 Å². The van der Waals surface area contributed by atoms with Crippen molar-refractivity contribution in [2.75, 3.05) is 33.4 Å². The minimum Gasteiger partial charge on any atom is -0.394 e. The Hall–Kier alpha value is -0.160. The van der Waals surface area contributed by atoms with Crippen molar-refractivity contribution in [2.24, 2.45) is 0 Å². The van der Waals surface area contributed by atoms with E-state index in [4.69, 9.17) is 4.74 Å². The van der Waals surface area contributed by atoms with E-state index in [1.54, 1.807) is 7.11 Å². The fourth-order valence-electron chi connectivity index (χ4n) is 2.43. The van der Waals surface area contributed by atoms with Crippen molar-refractivity contribution >= 4 is 0 Å². The monoisotopic (exact) mass is 256 g/mol. The third-order valence-corrected chi connectivity index (χ3v) is 4.08. The number of hydrogen-bond acceptors (Lipinski definition) is 4. The van der Waals surface area contributed by atoms with Crippen LogP contribution in [0.4, 0.5) is 0 Å². The molecule has 2 aliphatic rings. The molecule has 2 fully saturated rings. The maximum atomic E-state index is 9.60. The van der Waals surface area contributed by atoms with E-state index < -0.39 is 0 Å². The maximum absolute atomic E-state index is 9.60. The van der Waals surface area contributed by atoms with Gasteiger partial charge in [0.05, 0.1) is 13.2 Å². The zero-order valence-electron chi connectivity index (χ0n) is 11.8. The second-order valence-electron chi connectivity index (χ2n) is 6.15. The molecule has 18 heavy (non-hydrogen) atoms. The molecule has 0 saturated heterocycles. The first-order valence-corrected chi connectivity index (χ1v) is 7.28. The summed E-state index contributed by atoms with van der Waals surface area (Å²) in [5.41, 5.74) is -0.110. The van der Waals surface area contributed by atoms with Crippen LogP contribution in [0.5, 0.6) is 0 Å². The van der Waals surface area contributed by atoms with Gasteiger partial charge >= 0.3 is 0 Å². The van der Waals surface area contributed by atoms with Crippen LogP contribution in [0.15, 0.2) is 0 Å². The van der Waals surface area contributed by atoms with E-state index in [1.165, 1.54) is 25.7 Å². The fraction of sp³-hybridized carbons (Fsp3) is 1.00. The number of rotatable bonds is 10. The standard InChI is InChI=1S/C14H28N2O2/c1-14(11-17,15-12-3-4-12)7-8-16(9-10-18-2)13-5-6-13/h12-13,15,17H,3-11H2,1-2H3. The maximum Gasteiger partial charge on any atom is 0.0611 e. The molecule has 1 atom stereocenters. The summed E-state index contributed by atoms with van der Waals surface area (Å²) in [5.74, 6) is 0. The van der Waals surface area contributed by atoms with Crippen molar-refractivity contribution in [2.45, 2.75) is 56.7 Å². The molecule has 106 valence electrons. The molecule has 0 radical (unpaired) electrons. The van der Waals surface area contributed by atoms with E-state index in [9.17, 15) is 5.11 Å². The van der Waals surface area contributed by atoms with Gasteiger partial charge in [0.2, 0.25) is 0 Å². The first-order valence-electron chi connectivity index (χ1n) is 7.28. The van der Waals surface area contributed by atoms with E-state index in [0.717, 1.165) is 32.2 Å². The highest BCUT2D eigenvalue weighted by molar-refractivity contribution is 4.94. The van der Waals surface area contributed by atoms with E-state index in [1.807, 2.05) is 0 Å². The summed E-state index contributed by atoms with van der Waals surface area (Å²) in [6.07, 6.45) is 6.21. The lowest BCUT2D eigenvalue weighted by atomic mass is 9.98. The van der Waals surface area contributed by atoms with Gasteiger partial charge in [0, 0.05) is 37.8 Å². The second kappa shape index (κ2) is 6.33. The summed E-state index contributed by atoms with van der Waals surface area (Å²) < 4.78 is 5.18. The second-order valence-corrected chi connectivity index (χ2v) is 6.15. The number of ether oxygens (including phenoxy) is 1. The van der Waals surface area contributed by atoms with E-state index in [-0.39, 0.29) is 12.1 Å². The van der Waals surface area contributed by atoms with E-state index in [0.29, 0.717) is 6.04 Å². The number of nitrogens with zero attached hydrogens (tertiary/aromatic N) is 1. The Balaban J connectivity index is 1.74. The normalized spacial score (nSPS) is 23.3. The largest absolute Gasteiger partial charge is 0.394 e. The number of methoxy groups -OCH3 is 1. The molecule has 0 aromatic heterocycles. The molecule has 2 saturated carbocycles. The molecule has 0 amide bonds. The van der Waals surface area contributed by atoms with Crippen LogP contribution >= 0.6 is 0 Å². The van der Waals surface area contributed by atoms with Crippen LogP contribution in [0.1, 0.15) is 39.0 Å². The lowest BCUT2D eigenvalue weighted by molar-refractivity contribution is 0.116. The van der Waals surface area contributed by atoms with Gasteiger partial charge in [-0.15, -0.1) is 0 Å². The smallest absolute Gasteiger partial charge is 0.0611 e. The van der Waals surface area contributed by atoms with Gasteiger partial charge in [-0.1, -0.05) is 0 Å². The van der Waals surface area contributed by atoms with Crippen LogP contribution in [0.25, 0.3) is 0 Å². The summed E-state index contributed by atoms with van der Waals surface area (Å²) in [5, 5.41) is 13.2. The molecule has 0 heterocycles. The van der Waals surface area contributed by atoms with Crippen molar-refractivity contribution in [1.29, 1.82) is 0 Å². The van der Waals surface area contributed by atoms with Gasteiger partial charge in [-0.25, -0.2) is 0 Å². The van der Waals surface area contributed by atoms with Crippen molar-refractivity contribution in [3.63, 3.8) is 0 Å². The molecule has 4 nitrogen and oxygen atoms in total. The van der Waals surface area contributed by atoms with Gasteiger partial charge in [-0.05, 0) is 39.0 Å². The third-order valence-electron chi connectivity index (χ3n) is 4.08. The molecule has 2 rings (SSSR count). The molecule has 1 unspecified atom stereocenters. The van der Waals surface area contributed by atoms with Crippen LogP contribution in [0.3, 0.4) is 0 Å². The van der Waals surface area contributed by atoms with Crippen LogP contribution < -0.4 is 5.32 Å². The lowest BCUT2D eigenvalue weighted by Crippen LogP contribution is -2.49. The molecular formula is C14H28N2O2. The van der Waals surface area contributed by atoms with Gasteiger partial charge in [0.25, 0.3) is 0 Å². The highest BCUT2D eigenvalue weighted by atomic mass is 16.5. The molecule has 0 bridgehead atoms. The average molecular weight is 256 g/mol. The number of nitrogens with one attached hydrogen (secondary N) is 1. The van der Waals surface area contributed by atoms with Crippen molar-refractivity contribution in [3.05, 3.63) is 0 Å². The van der Waals surface area contributed by atoms with Gasteiger partial charge in [-0.2, -0.15) is 0 Å². The number of hydrogen-bond donors (Lipinski definition) is 2. The Bertz CT molecular complexity index is 254. The fourth-order valence-corrected chi connectivity index (χ4v) is 2.43. The van der Waals surface area contributed by atoms with Gasteiger partial charge < -0.3 is 15.2 Å². The highest BCUT2D eigenvalue weighted by Gasteiger charge is 2.34. The zero-order valence-corrected chi connectivity index (χ0v) is 11.8. The zero-order chi connectivity index (χ0) is 13.0. The first-order chi connectivity index (χ1) is 8.67. The summed E-state index contributed by atoms with van der Waals surface area (Å²) >= 11 is 0. The highest BCUT2D eigenvalue weighted by Crippen LogP contribution is 2.28. The minimum absolute atomic E-state index is 0.110. The molecular weight excluding hydrogens is 228 g/mol. The Morgan fingerprint density at radius 1 is 1.28 bits per heavy atom. The summed E-state index contributed by atoms with van der Waals surface area (Å²) in [4.78, 5) is 2.52. The minimum atomic E-state index is -0.110. The predicted octanol–water partition coefficient (Wildman–Crippen LogP) is 0.990. The molecule has 0 aromatic rings. The van der Waals surface area contributed by atoms with Crippen LogP contribution in [0.2, 0.25) is 0 Å². The number of aliphatic hydroxyl groups is 1. The molecule has 0 spiro atoms. The lowest BCUT2D eigenvalue weighted by Gasteiger charge is -2.32. The number of aliphatic hydroxyl groups excluding tert-OH is 1. The van der Waals surface area contributed by atoms with Crippen molar-refractivity contribution < 1.29 is 9.84 Å². The summed E-state index contributed by atoms with van der Waals surface area (Å²) in [6.45, 7) is 5.26. The van der Waals surface area contributed by atoms with Gasteiger partial charge in [0.15, 0.2) is 0 Å². The average Bonchev–Trinajstić information content (AvgIpc) is 3.22. The molecule has 0 aromatic carbocycles. The SMILES string of the molecule is COCCN(CCC(C)(CO)NC1CC1)C1CC1. The molecule has 2 aliphatic carbocycles. The Morgan fingerprint density at radius 3 is 2.50 bits per heavy atom. The van der Waals surface area contributed by atoms with E-state index in [2.05, 4.69) is 17.1 Å². The quantitative estimate of drug-likeness (QED) is 0.612. The Morgan fingerprint density at radius 2 is 2.00 bits per heavy atom. The third kappa shape index (κ3) is 4.50. The Kier molecular flexibility index (Phi) is 5.01. The van der Waals surface area contributed by atoms with Gasteiger partial charge in [-0.3, -0.25) is 4.90 Å². The summed E-state index contributed by atoms with van der Waals surface area (Å²) in [6, 6.07) is 1.42. The Labute approximate surface area is 111 Å². The van der Waals surface area contributed by atoms with Crippen LogP contribution in [-0.2, 0) is 4.74 Å². The van der Waals surface area contributed by atoms with Crippen LogP contribution in [0, 0.1) is 0 Å². The molecule has 0 aliphatic heterocycles. The topological polar surface area (TPSA) is 44.7 Å². The summed E-state index contributed by atoms with van der Waals surface area (Å²) in [7, 11) is 1.76.